The van der Waals surface area contributed by atoms with Gasteiger partial charge >= 0.3 is 5.97 Å². The van der Waals surface area contributed by atoms with E-state index < -0.39 is 12.0 Å². The number of carboxylic acids is 1. The zero-order valence-electron chi connectivity index (χ0n) is 10.7. The molecule has 3 N–H and O–H groups in total. The van der Waals surface area contributed by atoms with Crippen molar-refractivity contribution in [2.45, 2.75) is 19.4 Å². The van der Waals surface area contributed by atoms with Gasteiger partial charge in [0.25, 0.3) is 0 Å². The van der Waals surface area contributed by atoms with Gasteiger partial charge < -0.3 is 10.8 Å². The van der Waals surface area contributed by atoms with Crippen LogP contribution >= 0.6 is 11.8 Å². The summed E-state index contributed by atoms with van der Waals surface area (Å²) in [6, 6.07) is 8.72. The number of allylic oxidation sites excluding steroid dienone is 1. The monoisotopic (exact) mass is 279 g/mol. The molecule has 0 saturated heterocycles. The van der Waals surface area contributed by atoms with E-state index in [0.717, 1.165) is 22.9 Å². The highest BCUT2D eigenvalue weighted by Crippen LogP contribution is 2.15. The molecule has 19 heavy (non-hydrogen) atoms. The summed E-state index contributed by atoms with van der Waals surface area (Å²) in [7, 11) is 0. The molecule has 4 nitrogen and oxygen atoms in total. The Labute approximate surface area is 116 Å². The summed E-state index contributed by atoms with van der Waals surface area (Å²) in [5.41, 5.74) is 7.31. The van der Waals surface area contributed by atoms with Gasteiger partial charge in [-0.15, -0.1) is 0 Å². The molecule has 0 spiro atoms. The van der Waals surface area contributed by atoms with Crippen molar-refractivity contribution in [3.63, 3.8) is 0 Å². The van der Waals surface area contributed by atoms with Gasteiger partial charge in [0.15, 0.2) is 5.12 Å². The fourth-order valence-corrected chi connectivity index (χ4v) is 2.26. The number of carboxylic acid groups (broad SMARTS) is 1. The second-order valence-electron chi connectivity index (χ2n) is 4.21. The molecular weight excluding hydrogens is 262 g/mol. The van der Waals surface area contributed by atoms with Gasteiger partial charge in [0.05, 0.1) is 0 Å². The number of nitrogens with two attached hydrogens (primary N) is 1. The third kappa shape index (κ3) is 6.22. The first-order valence-corrected chi connectivity index (χ1v) is 6.84. The lowest BCUT2D eigenvalue weighted by Gasteiger charge is -2.05. The molecule has 1 aromatic rings. The molecule has 1 aromatic carbocycles. The summed E-state index contributed by atoms with van der Waals surface area (Å²) in [6.45, 7) is 1.88. The van der Waals surface area contributed by atoms with Crippen LogP contribution in [0.3, 0.4) is 0 Å². The SMILES string of the molecule is C/C(=C\c1ccccc1)CC(=O)SCC(N)C(=O)O. The van der Waals surface area contributed by atoms with Crippen LogP contribution in [0, 0.1) is 0 Å². The third-order valence-corrected chi connectivity index (χ3v) is 3.37. The normalized spacial score (nSPS) is 13.1. The molecule has 0 bridgehead atoms. The summed E-state index contributed by atoms with van der Waals surface area (Å²) in [4.78, 5) is 22.2. The number of aliphatic carboxylic acids is 1. The molecule has 0 saturated carbocycles. The molecule has 1 unspecified atom stereocenters. The van der Waals surface area contributed by atoms with Gasteiger partial charge in [0, 0.05) is 12.2 Å². The minimum Gasteiger partial charge on any atom is -0.480 e. The Balaban J connectivity index is 2.44. The van der Waals surface area contributed by atoms with Gasteiger partial charge in [-0.25, -0.2) is 0 Å². The van der Waals surface area contributed by atoms with E-state index in [-0.39, 0.29) is 10.9 Å². The Morgan fingerprint density at radius 2 is 2.00 bits per heavy atom. The lowest BCUT2D eigenvalue weighted by molar-refractivity contribution is -0.137. The molecular formula is C14H17NO3S. The number of carbonyl (C=O) groups excluding carboxylic acids is 1. The minimum atomic E-state index is -1.09. The molecule has 0 fully saturated rings. The topological polar surface area (TPSA) is 80.4 Å². The first-order chi connectivity index (χ1) is 8.99. The molecule has 1 atom stereocenters. The van der Waals surface area contributed by atoms with Crippen LogP contribution < -0.4 is 5.73 Å². The molecule has 102 valence electrons. The van der Waals surface area contributed by atoms with E-state index in [1.54, 1.807) is 0 Å². The smallest absolute Gasteiger partial charge is 0.321 e. The number of hydrogen-bond donors (Lipinski definition) is 2. The Morgan fingerprint density at radius 1 is 1.37 bits per heavy atom. The Hall–Kier alpha value is -1.59. The first kappa shape index (κ1) is 15.5. The van der Waals surface area contributed by atoms with E-state index in [0.29, 0.717) is 6.42 Å². The predicted molar refractivity (Wildman–Crippen MR) is 77.8 cm³/mol. The average molecular weight is 279 g/mol. The number of thioether (sulfide) groups is 1. The Kier molecular flexibility index (Phi) is 6.32. The van der Waals surface area contributed by atoms with Crippen LogP contribution in [0.5, 0.6) is 0 Å². The van der Waals surface area contributed by atoms with E-state index >= 15 is 0 Å². The van der Waals surface area contributed by atoms with Crippen LogP contribution in [-0.2, 0) is 9.59 Å². The fourth-order valence-electron chi connectivity index (χ4n) is 1.42. The number of benzene rings is 1. The Bertz CT molecular complexity index is 471. The molecule has 0 aliphatic rings. The van der Waals surface area contributed by atoms with Crippen LogP contribution in [0.4, 0.5) is 0 Å². The molecule has 1 rings (SSSR count). The molecule has 0 heterocycles. The number of hydrogen-bond acceptors (Lipinski definition) is 4. The molecule has 5 heteroatoms. The molecule has 0 aliphatic carbocycles. The maximum absolute atomic E-state index is 11.6. The molecule has 0 radical (unpaired) electrons. The third-order valence-electron chi connectivity index (χ3n) is 2.38. The predicted octanol–water partition coefficient (Wildman–Crippen LogP) is 2.15. The van der Waals surface area contributed by atoms with Gasteiger partial charge in [-0.05, 0) is 12.5 Å². The highest BCUT2D eigenvalue weighted by molar-refractivity contribution is 8.13. The van der Waals surface area contributed by atoms with Gasteiger partial charge in [0.1, 0.15) is 6.04 Å². The van der Waals surface area contributed by atoms with Crippen molar-refractivity contribution < 1.29 is 14.7 Å². The standard InChI is InChI=1S/C14H17NO3S/c1-10(7-11-5-3-2-4-6-11)8-13(16)19-9-12(15)14(17)18/h2-7,12H,8-9,15H2,1H3,(H,17,18)/b10-7+. The molecule has 0 aromatic heterocycles. The summed E-state index contributed by atoms with van der Waals surface area (Å²) in [5.74, 6) is -0.982. The van der Waals surface area contributed by atoms with Gasteiger partial charge in [-0.3, -0.25) is 9.59 Å². The number of carbonyl (C=O) groups is 2. The van der Waals surface area contributed by atoms with E-state index in [1.165, 1.54) is 0 Å². The van der Waals surface area contributed by atoms with E-state index in [2.05, 4.69) is 0 Å². The minimum absolute atomic E-state index is 0.0682. The second-order valence-corrected chi connectivity index (χ2v) is 5.28. The van der Waals surface area contributed by atoms with E-state index in [4.69, 9.17) is 10.8 Å². The summed E-state index contributed by atoms with van der Waals surface area (Å²) < 4.78 is 0. The van der Waals surface area contributed by atoms with Gasteiger partial charge in [-0.2, -0.15) is 0 Å². The molecule has 0 amide bonds. The van der Waals surface area contributed by atoms with Crippen molar-refractivity contribution in [3.8, 4) is 0 Å². The first-order valence-electron chi connectivity index (χ1n) is 5.85. The van der Waals surface area contributed by atoms with Crippen molar-refractivity contribution in [1.82, 2.24) is 0 Å². The van der Waals surface area contributed by atoms with Gasteiger partial charge in [-0.1, -0.05) is 53.7 Å². The largest absolute Gasteiger partial charge is 0.480 e. The van der Waals surface area contributed by atoms with Crippen molar-refractivity contribution >= 4 is 28.9 Å². The van der Waals surface area contributed by atoms with Crippen LogP contribution in [0.15, 0.2) is 35.9 Å². The summed E-state index contributed by atoms with van der Waals surface area (Å²) in [6.07, 6.45) is 2.24. The van der Waals surface area contributed by atoms with Crippen molar-refractivity contribution in [2.75, 3.05) is 5.75 Å². The van der Waals surface area contributed by atoms with Crippen LogP contribution in [-0.4, -0.2) is 28.0 Å². The van der Waals surface area contributed by atoms with Crippen molar-refractivity contribution in [3.05, 3.63) is 41.5 Å². The lowest BCUT2D eigenvalue weighted by Crippen LogP contribution is -2.32. The fraction of sp³-hybridized carbons (Fsp3) is 0.286. The highest BCUT2D eigenvalue weighted by Gasteiger charge is 2.14. The second kappa shape index (κ2) is 7.76. The van der Waals surface area contributed by atoms with E-state index in [1.807, 2.05) is 43.3 Å². The maximum Gasteiger partial charge on any atom is 0.321 e. The van der Waals surface area contributed by atoms with Crippen molar-refractivity contribution in [1.29, 1.82) is 0 Å². The quantitative estimate of drug-likeness (QED) is 0.834. The van der Waals surface area contributed by atoms with Crippen LogP contribution in [0.2, 0.25) is 0 Å². The molecule has 0 aliphatic heterocycles. The number of rotatable bonds is 6. The summed E-state index contributed by atoms with van der Waals surface area (Å²) in [5, 5.41) is 8.54. The Morgan fingerprint density at radius 3 is 2.58 bits per heavy atom. The highest BCUT2D eigenvalue weighted by atomic mass is 32.2. The summed E-state index contributed by atoms with van der Waals surface area (Å²) >= 11 is 0.966. The van der Waals surface area contributed by atoms with E-state index in [9.17, 15) is 9.59 Å². The van der Waals surface area contributed by atoms with Gasteiger partial charge in [0.2, 0.25) is 0 Å². The zero-order chi connectivity index (χ0) is 14.3. The maximum atomic E-state index is 11.6. The van der Waals surface area contributed by atoms with Crippen LogP contribution in [0.1, 0.15) is 18.9 Å². The van der Waals surface area contributed by atoms with Crippen LogP contribution in [0.25, 0.3) is 6.08 Å². The zero-order valence-corrected chi connectivity index (χ0v) is 11.5. The van der Waals surface area contributed by atoms with Crippen molar-refractivity contribution in [2.24, 2.45) is 5.73 Å². The average Bonchev–Trinajstić information content (AvgIpc) is 2.36. The lowest BCUT2D eigenvalue weighted by atomic mass is 10.1.